The van der Waals surface area contributed by atoms with Crippen molar-refractivity contribution in [1.82, 2.24) is 0 Å². The SMILES string of the molecule is COc1cc(NC(=O)/C=C/c2ccc(Cl)cc2Cl)ccc1NC(=O)c1cc2ccccc2o1. The van der Waals surface area contributed by atoms with E-state index >= 15 is 0 Å². The maximum Gasteiger partial charge on any atom is 0.291 e. The van der Waals surface area contributed by atoms with E-state index in [0.29, 0.717) is 38.3 Å². The fraction of sp³-hybridized carbons (Fsp3) is 0.0400. The number of carbonyl (C=O) groups excluding carboxylic acids is 2. The van der Waals surface area contributed by atoms with Crippen LogP contribution in [0.1, 0.15) is 16.1 Å². The summed E-state index contributed by atoms with van der Waals surface area (Å²) in [7, 11) is 1.47. The number of hydrogen-bond donors (Lipinski definition) is 2. The number of hydrogen-bond acceptors (Lipinski definition) is 4. The van der Waals surface area contributed by atoms with Crippen LogP contribution >= 0.6 is 23.2 Å². The van der Waals surface area contributed by atoms with Gasteiger partial charge >= 0.3 is 0 Å². The normalized spacial score (nSPS) is 11.0. The number of ether oxygens (including phenoxy) is 1. The first-order chi connectivity index (χ1) is 15.9. The number of anilines is 2. The lowest BCUT2D eigenvalue weighted by molar-refractivity contribution is -0.111. The molecule has 0 unspecified atom stereocenters. The number of furan rings is 1. The van der Waals surface area contributed by atoms with Gasteiger partial charge in [0.15, 0.2) is 5.76 Å². The van der Waals surface area contributed by atoms with Crippen LogP contribution in [-0.4, -0.2) is 18.9 Å². The predicted octanol–water partition coefficient (Wildman–Crippen LogP) is 6.65. The van der Waals surface area contributed by atoms with E-state index in [4.69, 9.17) is 32.4 Å². The molecule has 4 aromatic rings. The lowest BCUT2D eigenvalue weighted by atomic mass is 10.2. The van der Waals surface area contributed by atoms with Crippen molar-refractivity contribution in [1.29, 1.82) is 0 Å². The van der Waals surface area contributed by atoms with Crippen molar-refractivity contribution < 1.29 is 18.7 Å². The van der Waals surface area contributed by atoms with Gasteiger partial charge in [0.25, 0.3) is 5.91 Å². The van der Waals surface area contributed by atoms with Gasteiger partial charge in [-0.25, -0.2) is 0 Å². The molecule has 0 saturated carbocycles. The second-order valence-electron chi connectivity index (χ2n) is 7.01. The Balaban J connectivity index is 1.45. The van der Waals surface area contributed by atoms with Gasteiger partial charge in [0.2, 0.25) is 5.91 Å². The molecule has 1 aromatic heterocycles. The van der Waals surface area contributed by atoms with Crippen LogP contribution in [0, 0.1) is 0 Å². The van der Waals surface area contributed by atoms with E-state index in [9.17, 15) is 9.59 Å². The Hall–Kier alpha value is -3.74. The lowest BCUT2D eigenvalue weighted by Gasteiger charge is -2.11. The summed E-state index contributed by atoms with van der Waals surface area (Å²) in [6, 6.07) is 18.9. The second-order valence-corrected chi connectivity index (χ2v) is 7.85. The summed E-state index contributed by atoms with van der Waals surface area (Å²) >= 11 is 12.0. The highest BCUT2D eigenvalue weighted by Crippen LogP contribution is 2.29. The molecule has 3 aromatic carbocycles. The van der Waals surface area contributed by atoms with Gasteiger partial charge in [-0.3, -0.25) is 9.59 Å². The molecule has 0 aliphatic rings. The largest absolute Gasteiger partial charge is 0.494 e. The highest BCUT2D eigenvalue weighted by atomic mass is 35.5. The average Bonchev–Trinajstić information content (AvgIpc) is 3.24. The third kappa shape index (κ3) is 5.37. The number of methoxy groups -OCH3 is 1. The van der Waals surface area contributed by atoms with E-state index in [1.165, 1.54) is 13.2 Å². The molecule has 0 radical (unpaired) electrons. The zero-order valence-electron chi connectivity index (χ0n) is 17.4. The van der Waals surface area contributed by atoms with Crippen molar-refractivity contribution in [2.24, 2.45) is 0 Å². The molecular formula is C25H18Cl2N2O4. The third-order valence-electron chi connectivity index (χ3n) is 4.74. The molecule has 0 fully saturated rings. The summed E-state index contributed by atoms with van der Waals surface area (Å²) in [6.45, 7) is 0. The molecule has 0 atom stereocenters. The van der Waals surface area contributed by atoms with Crippen LogP contribution in [0.4, 0.5) is 11.4 Å². The van der Waals surface area contributed by atoms with E-state index in [-0.39, 0.29) is 11.7 Å². The fourth-order valence-electron chi connectivity index (χ4n) is 3.14. The van der Waals surface area contributed by atoms with E-state index < -0.39 is 5.91 Å². The molecule has 0 aliphatic heterocycles. The van der Waals surface area contributed by atoms with Gasteiger partial charge < -0.3 is 19.8 Å². The van der Waals surface area contributed by atoms with Crippen LogP contribution in [0.5, 0.6) is 5.75 Å². The van der Waals surface area contributed by atoms with Crippen LogP contribution in [0.15, 0.2) is 77.2 Å². The number of amides is 2. The Morgan fingerprint density at radius 2 is 1.79 bits per heavy atom. The van der Waals surface area contributed by atoms with Crippen molar-refractivity contribution in [3.63, 3.8) is 0 Å². The minimum Gasteiger partial charge on any atom is -0.494 e. The molecule has 33 heavy (non-hydrogen) atoms. The first kappa shape index (κ1) is 22.5. The predicted molar refractivity (Wildman–Crippen MR) is 131 cm³/mol. The number of para-hydroxylation sites is 1. The number of benzene rings is 3. The fourth-order valence-corrected chi connectivity index (χ4v) is 3.61. The first-order valence-corrected chi connectivity index (χ1v) is 10.6. The van der Waals surface area contributed by atoms with Crippen LogP contribution in [0.2, 0.25) is 10.0 Å². The van der Waals surface area contributed by atoms with Crippen molar-refractivity contribution in [2.75, 3.05) is 17.7 Å². The van der Waals surface area contributed by atoms with Crippen molar-refractivity contribution in [3.05, 3.63) is 94.2 Å². The highest BCUT2D eigenvalue weighted by molar-refractivity contribution is 6.35. The van der Waals surface area contributed by atoms with Crippen LogP contribution < -0.4 is 15.4 Å². The van der Waals surface area contributed by atoms with Gasteiger partial charge in [-0.05, 0) is 48.0 Å². The number of fused-ring (bicyclic) bond motifs is 1. The monoisotopic (exact) mass is 480 g/mol. The summed E-state index contributed by atoms with van der Waals surface area (Å²) in [5, 5.41) is 7.30. The molecule has 4 rings (SSSR count). The average molecular weight is 481 g/mol. The number of nitrogens with one attached hydrogen (secondary N) is 2. The first-order valence-electron chi connectivity index (χ1n) is 9.85. The Bertz CT molecular complexity index is 1350. The van der Waals surface area contributed by atoms with Crippen LogP contribution in [0.3, 0.4) is 0 Å². The van der Waals surface area contributed by atoms with E-state index in [1.54, 1.807) is 54.6 Å². The van der Waals surface area contributed by atoms with Crippen molar-refractivity contribution in [3.8, 4) is 5.75 Å². The maximum absolute atomic E-state index is 12.6. The maximum atomic E-state index is 12.6. The summed E-state index contributed by atoms with van der Waals surface area (Å²) in [4.78, 5) is 24.9. The summed E-state index contributed by atoms with van der Waals surface area (Å²) in [5.41, 5.74) is 2.22. The topological polar surface area (TPSA) is 80.6 Å². The van der Waals surface area contributed by atoms with Gasteiger partial charge in [0.1, 0.15) is 11.3 Å². The minimum atomic E-state index is -0.413. The summed E-state index contributed by atoms with van der Waals surface area (Å²) < 4.78 is 11.0. The molecule has 0 bridgehead atoms. The standard InChI is InChI=1S/C25H18Cl2N2O4/c1-32-22-14-18(28-24(30)11-7-15-6-8-17(26)13-19(15)27)9-10-20(22)29-25(31)23-12-16-4-2-3-5-21(16)33-23/h2-14H,1H3,(H,28,30)(H,29,31)/b11-7+. The van der Waals surface area contributed by atoms with E-state index in [1.807, 2.05) is 18.2 Å². The Morgan fingerprint density at radius 3 is 2.55 bits per heavy atom. The quantitative estimate of drug-likeness (QED) is 0.302. The molecule has 0 spiro atoms. The summed E-state index contributed by atoms with van der Waals surface area (Å²) in [6.07, 6.45) is 2.95. The zero-order valence-corrected chi connectivity index (χ0v) is 18.9. The van der Waals surface area contributed by atoms with Gasteiger partial charge in [0, 0.05) is 33.3 Å². The smallest absolute Gasteiger partial charge is 0.291 e. The molecule has 8 heteroatoms. The highest BCUT2D eigenvalue weighted by Gasteiger charge is 2.15. The molecule has 2 N–H and O–H groups in total. The number of carbonyl (C=O) groups is 2. The van der Waals surface area contributed by atoms with Gasteiger partial charge in [-0.1, -0.05) is 47.5 Å². The van der Waals surface area contributed by atoms with Gasteiger partial charge in [0.05, 0.1) is 12.8 Å². The second kappa shape index (κ2) is 9.81. The van der Waals surface area contributed by atoms with Crippen LogP contribution in [0.25, 0.3) is 17.0 Å². The Kier molecular flexibility index (Phi) is 6.68. The van der Waals surface area contributed by atoms with Crippen LogP contribution in [-0.2, 0) is 4.79 Å². The minimum absolute atomic E-state index is 0.182. The zero-order chi connectivity index (χ0) is 23.4. The van der Waals surface area contributed by atoms with Crippen molar-refractivity contribution >= 4 is 63.4 Å². The number of rotatable bonds is 6. The van der Waals surface area contributed by atoms with Gasteiger partial charge in [-0.2, -0.15) is 0 Å². The molecular weight excluding hydrogens is 463 g/mol. The molecule has 1 heterocycles. The molecule has 0 aliphatic carbocycles. The lowest BCUT2D eigenvalue weighted by Crippen LogP contribution is -2.12. The Morgan fingerprint density at radius 1 is 0.970 bits per heavy atom. The molecule has 166 valence electrons. The molecule has 2 amide bonds. The van der Waals surface area contributed by atoms with E-state index in [0.717, 1.165) is 5.39 Å². The van der Waals surface area contributed by atoms with Gasteiger partial charge in [-0.15, -0.1) is 0 Å². The number of halogens is 2. The van der Waals surface area contributed by atoms with E-state index in [2.05, 4.69) is 10.6 Å². The molecule has 6 nitrogen and oxygen atoms in total. The third-order valence-corrected chi connectivity index (χ3v) is 5.31. The Labute approximate surface area is 199 Å². The summed E-state index contributed by atoms with van der Waals surface area (Å²) in [5.74, 6) is -0.213. The molecule has 0 saturated heterocycles. The van der Waals surface area contributed by atoms with Crippen molar-refractivity contribution in [2.45, 2.75) is 0 Å².